The summed E-state index contributed by atoms with van der Waals surface area (Å²) in [6.07, 6.45) is 1.69. The topological polar surface area (TPSA) is 75.1 Å². The molecule has 2 N–H and O–H groups in total. The van der Waals surface area contributed by atoms with Gasteiger partial charge in [-0.15, -0.1) is 0 Å². The predicted octanol–water partition coefficient (Wildman–Crippen LogP) is 2.72. The molecule has 0 spiro atoms. The lowest BCUT2D eigenvalue weighted by Gasteiger charge is -2.09. The van der Waals surface area contributed by atoms with E-state index in [0.29, 0.717) is 5.95 Å². The summed E-state index contributed by atoms with van der Waals surface area (Å²) in [7, 11) is 0. The van der Waals surface area contributed by atoms with Crippen LogP contribution >= 0.6 is 0 Å². The highest BCUT2D eigenvalue weighted by Gasteiger charge is 2.12. The van der Waals surface area contributed by atoms with Crippen molar-refractivity contribution < 1.29 is 9.90 Å². The van der Waals surface area contributed by atoms with Gasteiger partial charge in [-0.05, 0) is 37.6 Å². The van der Waals surface area contributed by atoms with Crippen LogP contribution in [0.4, 0.5) is 11.6 Å². The van der Waals surface area contributed by atoms with Crippen molar-refractivity contribution >= 4 is 17.6 Å². The molecule has 0 bridgehead atoms. The molecule has 0 radical (unpaired) electrons. The Balaban J connectivity index is 2.13. The van der Waals surface area contributed by atoms with Gasteiger partial charge in [0.05, 0.1) is 5.92 Å². The molecule has 0 saturated carbocycles. The van der Waals surface area contributed by atoms with E-state index in [1.807, 2.05) is 25.1 Å². The Morgan fingerprint density at radius 2 is 1.95 bits per heavy atom. The van der Waals surface area contributed by atoms with E-state index in [0.717, 1.165) is 16.9 Å². The third-order valence-corrected chi connectivity index (χ3v) is 2.83. The molecule has 2 aromatic rings. The maximum Gasteiger partial charge on any atom is 0.310 e. The van der Waals surface area contributed by atoms with Gasteiger partial charge in [-0.3, -0.25) is 4.79 Å². The minimum Gasteiger partial charge on any atom is -0.481 e. The van der Waals surface area contributed by atoms with Crippen LogP contribution in [0, 0.1) is 6.92 Å². The molecule has 1 aromatic carbocycles. The molecule has 1 aromatic heterocycles. The summed E-state index contributed by atoms with van der Waals surface area (Å²) in [5.74, 6) is -0.814. The zero-order valence-electron chi connectivity index (χ0n) is 10.8. The van der Waals surface area contributed by atoms with Gasteiger partial charge in [0.1, 0.15) is 0 Å². The molecule has 0 amide bonds. The second-order valence-electron chi connectivity index (χ2n) is 4.33. The molecule has 19 heavy (non-hydrogen) atoms. The number of benzene rings is 1. The number of aliphatic carboxylic acids is 1. The summed E-state index contributed by atoms with van der Waals surface area (Å²) in [4.78, 5) is 19.2. The number of aryl methyl sites for hydroxylation is 1. The maximum atomic E-state index is 10.9. The van der Waals surface area contributed by atoms with Gasteiger partial charge in [0.15, 0.2) is 0 Å². The molecule has 1 atom stereocenters. The van der Waals surface area contributed by atoms with Crippen molar-refractivity contribution in [2.75, 3.05) is 5.32 Å². The van der Waals surface area contributed by atoms with Crippen LogP contribution in [-0.4, -0.2) is 21.0 Å². The number of rotatable bonds is 4. The van der Waals surface area contributed by atoms with E-state index >= 15 is 0 Å². The third kappa shape index (κ3) is 3.28. The molecule has 5 nitrogen and oxygen atoms in total. The molecule has 98 valence electrons. The Morgan fingerprint density at radius 1 is 1.26 bits per heavy atom. The first-order valence-electron chi connectivity index (χ1n) is 5.95. The first-order chi connectivity index (χ1) is 9.06. The van der Waals surface area contributed by atoms with Crippen LogP contribution in [0.3, 0.4) is 0 Å². The van der Waals surface area contributed by atoms with Gasteiger partial charge in [0.2, 0.25) is 5.95 Å². The SMILES string of the molecule is Cc1ccnc(Nc2ccc(C(C)C(=O)O)cc2)n1. The van der Waals surface area contributed by atoms with Crippen molar-refractivity contribution in [3.05, 3.63) is 47.8 Å². The van der Waals surface area contributed by atoms with Crippen LogP contribution < -0.4 is 5.32 Å². The molecule has 5 heteroatoms. The Kier molecular flexibility index (Phi) is 3.75. The third-order valence-electron chi connectivity index (χ3n) is 2.83. The molecule has 1 heterocycles. The largest absolute Gasteiger partial charge is 0.481 e. The fourth-order valence-corrected chi connectivity index (χ4v) is 1.64. The molecule has 0 aliphatic rings. The molecule has 2 rings (SSSR count). The highest BCUT2D eigenvalue weighted by atomic mass is 16.4. The monoisotopic (exact) mass is 257 g/mol. The lowest BCUT2D eigenvalue weighted by atomic mass is 10.0. The lowest BCUT2D eigenvalue weighted by Crippen LogP contribution is -2.07. The van der Waals surface area contributed by atoms with Crippen LogP contribution in [0.15, 0.2) is 36.5 Å². The van der Waals surface area contributed by atoms with Gasteiger partial charge in [-0.1, -0.05) is 12.1 Å². The summed E-state index contributed by atoms with van der Waals surface area (Å²) in [5, 5.41) is 12.0. The van der Waals surface area contributed by atoms with E-state index in [-0.39, 0.29) is 0 Å². The van der Waals surface area contributed by atoms with Crippen molar-refractivity contribution in [1.29, 1.82) is 0 Å². The molecular formula is C14H15N3O2. The summed E-state index contributed by atoms with van der Waals surface area (Å²) >= 11 is 0. The number of hydrogen-bond acceptors (Lipinski definition) is 4. The second kappa shape index (κ2) is 5.48. The molecule has 0 aliphatic heterocycles. The molecule has 0 aliphatic carbocycles. The number of hydrogen-bond donors (Lipinski definition) is 2. The molecular weight excluding hydrogens is 242 g/mol. The molecule has 0 saturated heterocycles. The average molecular weight is 257 g/mol. The van der Waals surface area contributed by atoms with Gasteiger partial charge in [-0.25, -0.2) is 9.97 Å². The van der Waals surface area contributed by atoms with Gasteiger partial charge < -0.3 is 10.4 Å². The molecule has 0 fully saturated rings. The summed E-state index contributed by atoms with van der Waals surface area (Å²) < 4.78 is 0. The Morgan fingerprint density at radius 3 is 2.53 bits per heavy atom. The van der Waals surface area contributed by atoms with Gasteiger partial charge in [0.25, 0.3) is 0 Å². The van der Waals surface area contributed by atoms with E-state index in [4.69, 9.17) is 5.11 Å². The van der Waals surface area contributed by atoms with E-state index in [9.17, 15) is 4.79 Å². The van der Waals surface area contributed by atoms with Crippen molar-refractivity contribution in [3.63, 3.8) is 0 Å². The van der Waals surface area contributed by atoms with Crippen molar-refractivity contribution in [1.82, 2.24) is 9.97 Å². The van der Waals surface area contributed by atoms with E-state index in [1.54, 1.807) is 25.3 Å². The number of anilines is 2. The maximum absolute atomic E-state index is 10.9. The first kappa shape index (κ1) is 13.0. The first-order valence-corrected chi connectivity index (χ1v) is 5.95. The van der Waals surface area contributed by atoms with Crippen LogP contribution in [0.1, 0.15) is 24.1 Å². The number of aromatic nitrogens is 2. The lowest BCUT2D eigenvalue weighted by molar-refractivity contribution is -0.138. The Hall–Kier alpha value is -2.43. The summed E-state index contributed by atoms with van der Waals surface area (Å²) in [6.45, 7) is 3.55. The normalized spacial score (nSPS) is 11.9. The number of carboxylic acids is 1. The fraction of sp³-hybridized carbons (Fsp3) is 0.214. The van der Waals surface area contributed by atoms with E-state index < -0.39 is 11.9 Å². The molecule has 1 unspecified atom stereocenters. The van der Waals surface area contributed by atoms with E-state index in [2.05, 4.69) is 15.3 Å². The summed E-state index contributed by atoms with van der Waals surface area (Å²) in [6, 6.07) is 9.04. The number of nitrogens with one attached hydrogen (secondary N) is 1. The smallest absolute Gasteiger partial charge is 0.310 e. The van der Waals surface area contributed by atoms with Crippen LogP contribution in [0.25, 0.3) is 0 Å². The fourth-order valence-electron chi connectivity index (χ4n) is 1.64. The minimum absolute atomic E-state index is 0.510. The zero-order chi connectivity index (χ0) is 13.8. The highest BCUT2D eigenvalue weighted by molar-refractivity contribution is 5.75. The van der Waals surface area contributed by atoms with Crippen molar-refractivity contribution in [2.45, 2.75) is 19.8 Å². The quantitative estimate of drug-likeness (QED) is 0.880. The standard InChI is InChI=1S/C14H15N3O2/c1-9-7-8-15-14(16-9)17-12-5-3-11(4-6-12)10(2)13(18)19/h3-8,10H,1-2H3,(H,18,19)(H,15,16,17). The highest BCUT2D eigenvalue weighted by Crippen LogP contribution is 2.19. The second-order valence-corrected chi connectivity index (χ2v) is 4.33. The van der Waals surface area contributed by atoms with Crippen LogP contribution in [-0.2, 0) is 4.79 Å². The van der Waals surface area contributed by atoms with Crippen LogP contribution in [0.5, 0.6) is 0 Å². The minimum atomic E-state index is -0.831. The predicted molar refractivity (Wildman–Crippen MR) is 72.5 cm³/mol. The number of nitrogens with zero attached hydrogens (tertiary/aromatic N) is 2. The Bertz CT molecular complexity index is 581. The average Bonchev–Trinajstić information content (AvgIpc) is 2.39. The van der Waals surface area contributed by atoms with Crippen LogP contribution in [0.2, 0.25) is 0 Å². The number of carbonyl (C=O) groups is 1. The van der Waals surface area contributed by atoms with Gasteiger partial charge >= 0.3 is 5.97 Å². The van der Waals surface area contributed by atoms with Crippen molar-refractivity contribution in [3.8, 4) is 0 Å². The van der Waals surface area contributed by atoms with Gasteiger partial charge in [-0.2, -0.15) is 0 Å². The summed E-state index contributed by atoms with van der Waals surface area (Å²) in [5.41, 5.74) is 2.48. The van der Waals surface area contributed by atoms with Gasteiger partial charge in [0, 0.05) is 17.6 Å². The van der Waals surface area contributed by atoms with Crippen molar-refractivity contribution in [2.24, 2.45) is 0 Å². The zero-order valence-corrected chi connectivity index (χ0v) is 10.8. The number of carboxylic acid groups (broad SMARTS) is 1. The Labute approximate surface area is 111 Å². The van der Waals surface area contributed by atoms with E-state index in [1.165, 1.54) is 0 Å².